The topological polar surface area (TPSA) is 55.9 Å². The third kappa shape index (κ3) is 2.25. The van der Waals surface area contributed by atoms with Gasteiger partial charge >= 0.3 is 0 Å². The van der Waals surface area contributed by atoms with E-state index in [9.17, 15) is 5.11 Å². The summed E-state index contributed by atoms with van der Waals surface area (Å²) in [7, 11) is 0. The molecule has 5 heteroatoms. The fourth-order valence-corrected chi connectivity index (χ4v) is 2.54. The molecule has 0 spiro atoms. The zero-order chi connectivity index (χ0) is 15.0. The number of nitrogens with zero attached hydrogens (tertiary/aromatic N) is 4. The van der Waals surface area contributed by atoms with Crippen LogP contribution in [0.25, 0.3) is 11.5 Å². The summed E-state index contributed by atoms with van der Waals surface area (Å²) < 4.78 is 3.67. The number of aromatic nitrogens is 4. The van der Waals surface area contributed by atoms with Gasteiger partial charge in [-0.3, -0.25) is 0 Å². The summed E-state index contributed by atoms with van der Waals surface area (Å²) in [6, 6.07) is 11.9. The van der Waals surface area contributed by atoms with Gasteiger partial charge in [-0.25, -0.2) is 9.36 Å². The van der Waals surface area contributed by atoms with Crippen LogP contribution in [0.1, 0.15) is 22.6 Å². The van der Waals surface area contributed by atoms with Crippen molar-refractivity contribution < 1.29 is 5.11 Å². The normalized spacial score (nSPS) is 11.0. The van der Waals surface area contributed by atoms with Crippen molar-refractivity contribution in [1.82, 2.24) is 19.6 Å². The van der Waals surface area contributed by atoms with E-state index in [1.54, 1.807) is 0 Å². The predicted octanol–water partition coefficient (Wildman–Crippen LogP) is 2.48. The van der Waals surface area contributed by atoms with Crippen molar-refractivity contribution in [3.63, 3.8) is 0 Å². The molecule has 21 heavy (non-hydrogen) atoms. The molecule has 108 valence electrons. The van der Waals surface area contributed by atoms with Crippen LogP contribution in [0.15, 0.2) is 36.4 Å². The number of aliphatic hydroxyl groups is 1. The van der Waals surface area contributed by atoms with Crippen LogP contribution in [0.2, 0.25) is 0 Å². The molecule has 0 saturated heterocycles. The molecule has 0 radical (unpaired) electrons. The lowest BCUT2D eigenvalue weighted by Crippen LogP contribution is -2.10. The number of hydrogen-bond acceptors (Lipinski definition) is 3. The van der Waals surface area contributed by atoms with Crippen LogP contribution in [0.4, 0.5) is 0 Å². The van der Waals surface area contributed by atoms with Crippen LogP contribution < -0.4 is 0 Å². The quantitative estimate of drug-likeness (QED) is 0.803. The number of hydrogen-bond donors (Lipinski definition) is 1. The van der Waals surface area contributed by atoms with E-state index in [2.05, 4.69) is 10.2 Å². The molecular weight excluding hydrogens is 264 g/mol. The molecule has 0 unspecified atom stereocenters. The van der Waals surface area contributed by atoms with Gasteiger partial charge in [-0.2, -0.15) is 10.2 Å². The van der Waals surface area contributed by atoms with Crippen LogP contribution in [0.3, 0.4) is 0 Å². The fourth-order valence-electron chi connectivity index (χ4n) is 2.54. The Balaban J connectivity index is 2.30. The van der Waals surface area contributed by atoms with Gasteiger partial charge in [0.15, 0.2) is 5.82 Å². The molecule has 3 rings (SSSR count). The van der Waals surface area contributed by atoms with Gasteiger partial charge in [0.2, 0.25) is 0 Å². The zero-order valence-corrected chi connectivity index (χ0v) is 12.4. The van der Waals surface area contributed by atoms with E-state index in [1.165, 1.54) is 0 Å². The van der Waals surface area contributed by atoms with E-state index >= 15 is 0 Å². The highest BCUT2D eigenvalue weighted by atomic mass is 16.3. The van der Waals surface area contributed by atoms with E-state index < -0.39 is 0 Å². The summed E-state index contributed by atoms with van der Waals surface area (Å²) in [4.78, 5) is 0. The first-order chi connectivity index (χ1) is 10.1. The van der Waals surface area contributed by atoms with Gasteiger partial charge in [0.05, 0.1) is 23.7 Å². The minimum Gasteiger partial charge on any atom is -0.391 e. The van der Waals surface area contributed by atoms with Crippen molar-refractivity contribution in [3.8, 4) is 11.5 Å². The van der Waals surface area contributed by atoms with Crippen molar-refractivity contribution in [3.05, 3.63) is 59.0 Å². The van der Waals surface area contributed by atoms with Crippen molar-refractivity contribution >= 4 is 0 Å². The zero-order valence-electron chi connectivity index (χ0n) is 12.4. The number of para-hydroxylation sites is 1. The first kappa shape index (κ1) is 13.6. The second-order valence-corrected chi connectivity index (χ2v) is 5.13. The highest BCUT2D eigenvalue weighted by Gasteiger charge is 2.19. The summed E-state index contributed by atoms with van der Waals surface area (Å²) in [5, 5.41) is 18.8. The maximum Gasteiger partial charge on any atom is 0.163 e. The molecule has 1 N–H and O–H groups in total. The molecule has 1 aromatic carbocycles. The molecule has 0 aliphatic carbocycles. The minimum atomic E-state index is -0.0631. The maximum absolute atomic E-state index is 9.72. The summed E-state index contributed by atoms with van der Waals surface area (Å²) in [6.45, 7) is 5.80. The number of aryl methyl sites for hydroxylation is 3. The highest BCUT2D eigenvalue weighted by molar-refractivity contribution is 5.46. The summed E-state index contributed by atoms with van der Waals surface area (Å²) in [5.74, 6) is 0.798. The van der Waals surface area contributed by atoms with Gasteiger partial charge in [-0.15, -0.1) is 0 Å². The van der Waals surface area contributed by atoms with Gasteiger partial charge in [0.1, 0.15) is 0 Å². The second kappa shape index (κ2) is 5.18. The average molecular weight is 282 g/mol. The molecule has 5 nitrogen and oxygen atoms in total. The molecule has 2 heterocycles. The maximum atomic E-state index is 9.72. The smallest absolute Gasteiger partial charge is 0.163 e. The van der Waals surface area contributed by atoms with E-state index in [1.807, 2.05) is 66.5 Å². The number of rotatable bonds is 3. The SMILES string of the molecule is Cc1cc(C)n(-c2c(CO)c(C)nn2-c2ccccc2)n1. The average Bonchev–Trinajstić information content (AvgIpc) is 2.98. The molecular formula is C16H18N4O. The van der Waals surface area contributed by atoms with Crippen molar-refractivity contribution in [2.75, 3.05) is 0 Å². The molecule has 0 saturated carbocycles. The Kier molecular flexibility index (Phi) is 3.35. The van der Waals surface area contributed by atoms with Crippen LogP contribution in [-0.2, 0) is 6.61 Å². The summed E-state index contributed by atoms with van der Waals surface area (Å²) in [6.07, 6.45) is 0. The number of aliphatic hydroxyl groups excluding tert-OH is 1. The Morgan fingerprint density at radius 2 is 1.71 bits per heavy atom. The van der Waals surface area contributed by atoms with Gasteiger partial charge in [0, 0.05) is 11.3 Å². The standard InChI is InChI=1S/C16H18N4O/c1-11-9-12(2)19(17-11)16-15(10-21)13(3)18-20(16)14-7-5-4-6-8-14/h4-9,21H,10H2,1-3H3. The molecule has 3 aromatic rings. The molecule has 0 atom stereocenters. The first-order valence-corrected chi connectivity index (χ1v) is 6.90. The van der Waals surface area contributed by atoms with Crippen LogP contribution in [0, 0.1) is 20.8 Å². The largest absolute Gasteiger partial charge is 0.391 e. The van der Waals surface area contributed by atoms with Crippen LogP contribution in [-0.4, -0.2) is 24.7 Å². The fraction of sp³-hybridized carbons (Fsp3) is 0.250. The molecule has 2 aromatic heterocycles. The predicted molar refractivity (Wildman–Crippen MR) is 80.8 cm³/mol. The Labute approximate surface area is 123 Å². The van der Waals surface area contributed by atoms with Crippen molar-refractivity contribution in [2.24, 2.45) is 0 Å². The monoisotopic (exact) mass is 282 g/mol. The lowest BCUT2D eigenvalue weighted by molar-refractivity contribution is 0.280. The van der Waals surface area contributed by atoms with Crippen molar-refractivity contribution in [2.45, 2.75) is 27.4 Å². The highest BCUT2D eigenvalue weighted by Crippen LogP contribution is 2.23. The third-order valence-electron chi connectivity index (χ3n) is 3.53. The molecule has 0 fully saturated rings. The van der Waals surface area contributed by atoms with Gasteiger partial charge < -0.3 is 5.11 Å². The van der Waals surface area contributed by atoms with E-state index in [-0.39, 0.29) is 6.61 Å². The van der Waals surface area contributed by atoms with Crippen molar-refractivity contribution in [1.29, 1.82) is 0 Å². The van der Waals surface area contributed by atoms with Gasteiger partial charge in [0.25, 0.3) is 0 Å². The Morgan fingerprint density at radius 3 is 2.29 bits per heavy atom. The summed E-state index contributed by atoms with van der Waals surface area (Å²) >= 11 is 0. The van der Waals surface area contributed by atoms with E-state index in [0.29, 0.717) is 0 Å². The molecule has 0 aliphatic rings. The van der Waals surface area contributed by atoms with Gasteiger partial charge in [-0.1, -0.05) is 18.2 Å². The van der Waals surface area contributed by atoms with Crippen LogP contribution in [0.5, 0.6) is 0 Å². The van der Waals surface area contributed by atoms with E-state index in [0.717, 1.165) is 34.2 Å². The lowest BCUT2D eigenvalue weighted by atomic mass is 10.2. The Hall–Kier alpha value is -2.40. The van der Waals surface area contributed by atoms with E-state index in [4.69, 9.17) is 0 Å². The van der Waals surface area contributed by atoms with Crippen LogP contribution >= 0.6 is 0 Å². The molecule has 0 amide bonds. The second-order valence-electron chi connectivity index (χ2n) is 5.13. The minimum absolute atomic E-state index is 0.0631. The first-order valence-electron chi connectivity index (χ1n) is 6.90. The Morgan fingerprint density at radius 1 is 1.00 bits per heavy atom. The summed E-state index contributed by atoms with van der Waals surface area (Å²) in [5.41, 5.74) is 4.51. The third-order valence-corrected chi connectivity index (χ3v) is 3.53. The molecule has 0 aliphatic heterocycles. The lowest BCUT2D eigenvalue weighted by Gasteiger charge is -2.10. The van der Waals surface area contributed by atoms with Gasteiger partial charge in [-0.05, 0) is 39.0 Å². The Bertz CT molecular complexity index is 771. The molecule has 0 bridgehead atoms. The number of benzene rings is 1.